The molecule has 0 saturated carbocycles. The van der Waals surface area contributed by atoms with Gasteiger partial charge in [0.25, 0.3) is 0 Å². The maximum atomic E-state index is 8.16. The van der Waals surface area contributed by atoms with Crippen molar-refractivity contribution < 1.29 is 8.22 Å². The Bertz CT molecular complexity index is 647. The number of aromatic amines is 1. The van der Waals surface area contributed by atoms with E-state index in [1.165, 1.54) is 20.2 Å². The molecule has 2 nitrogen and oxygen atoms in total. The Kier molecular flexibility index (Phi) is 1.23. The SMILES string of the molecule is [2H]c1[nH]c2c([2H])cccc2c1C([2H])([2H])C([2H])([2H])N(C)C. The second-order valence-corrected chi connectivity index (χ2v) is 3.22. The van der Waals surface area contributed by atoms with E-state index in [0.717, 1.165) is 4.90 Å². The molecule has 2 heteroatoms. The summed E-state index contributed by atoms with van der Waals surface area (Å²) in [5, 5.41) is 0.373. The molecule has 0 aliphatic heterocycles. The summed E-state index contributed by atoms with van der Waals surface area (Å²) in [6.07, 6.45) is -2.59. The summed E-state index contributed by atoms with van der Waals surface area (Å²) >= 11 is 0. The summed E-state index contributed by atoms with van der Waals surface area (Å²) in [5.41, 5.74) is 0.297. The van der Waals surface area contributed by atoms with E-state index in [4.69, 9.17) is 8.22 Å². The summed E-state index contributed by atoms with van der Waals surface area (Å²) in [7, 11) is 2.90. The number of hydrogen-bond donors (Lipinski definition) is 1. The number of aryl methyl sites for hydroxylation is 1. The number of benzene rings is 1. The Hall–Kier alpha value is -1.28. The van der Waals surface area contributed by atoms with E-state index in [2.05, 4.69) is 4.98 Å². The molecule has 1 aromatic carbocycles. The Balaban J connectivity index is 2.75. The van der Waals surface area contributed by atoms with Crippen molar-refractivity contribution in [1.82, 2.24) is 9.88 Å². The monoisotopic (exact) mass is 194 g/mol. The first kappa shape index (κ1) is 4.49. The van der Waals surface area contributed by atoms with Crippen LogP contribution in [-0.4, -0.2) is 30.5 Å². The van der Waals surface area contributed by atoms with Gasteiger partial charge in [0, 0.05) is 29.1 Å². The van der Waals surface area contributed by atoms with Crippen LogP contribution in [-0.2, 0) is 6.37 Å². The number of aromatic nitrogens is 1. The van der Waals surface area contributed by atoms with E-state index in [1.54, 1.807) is 12.1 Å². The van der Waals surface area contributed by atoms with Crippen molar-refractivity contribution in [2.45, 2.75) is 6.37 Å². The van der Waals surface area contributed by atoms with Crippen LogP contribution in [0.3, 0.4) is 0 Å². The number of H-pyrrole nitrogens is 1. The molecule has 74 valence electrons. The minimum atomic E-state index is -2.39. The maximum Gasteiger partial charge on any atom is 0.0819 e. The molecule has 1 aromatic heterocycles. The first-order chi connectivity index (χ1) is 9.10. The van der Waals surface area contributed by atoms with Gasteiger partial charge in [-0.25, -0.2) is 0 Å². The van der Waals surface area contributed by atoms with Crippen molar-refractivity contribution in [3.63, 3.8) is 0 Å². The second-order valence-electron chi connectivity index (χ2n) is 3.22. The molecular weight excluding hydrogens is 172 g/mol. The van der Waals surface area contributed by atoms with Crippen molar-refractivity contribution in [2.75, 3.05) is 20.6 Å². The van der Waals surface area contributed by atoms with Gasteiger partial charge < -0.3 is 9.88 Å². The summed E-state index contributed by atoms with van der Waals surface area (Å²) in [6.45, 7) is -2.28. The molecule has 0 radical (unpaired) electrons. The predicted molar refractivity (Wildman–Crippen MR) is 60.6 cm³/mol. The second kappa shape index (κ2) is 3.84. The van der Waals surface area contributed by atoms with E-state index in [-0.39, 0.29) is 17.8 Å². The number of nitrogens with zero attached hydrogens (tertiary/aromatic N) is 1. The third kappa shape index (κ3) is 1.80. The topological polar surface area (TPSA) is 19.0 Å². The highest BCUT2D eigenvalue weighted by Crippen LogP contribution is 2.17. The van der Waals surface area contributed by atoms with Crippen molar-refractivity contribution in [1.29, 1.82) is 0 Å². The normalized spacial score (nSPS) is 19.6. The lowest BCUT2D eigenvalue weighted by atomic mass is 10.1. The van der Waals surface area contributed by atoms with Crippen molar-refractivity contribution in [3.05, 3.63) is 36.0 Å². The van der Waals surface area contributed by atoms with Crippen LogP contribution in [0.5, 0.6) is 0 Å². The van der Waals surface area contributed by atoms with Crippen LogP contribution in [0.2, 0.25) is 0 Å². The molecular formula is C12H16N2. The largest absolute Gasteiger partial charge is 0.361 e. The molecule has 0 amide bonds. The summed E-state index contributed by atoms with van der Waals surface area (Å²) in [5.74, 6) is 0. The average molecular weight is 194 g/mol. The van der Waals surface area contributed by atoms with Gasteiger partial charge in [-0.1, -0.05) is 18.2 Å². The number of nitrogens with one attached hydrogen (secondary N) is 1. The zero-order chi connectivity index (χ0) is 15.3. The number of rotatable bonds is 3. The highest BCUT2D eigenvalue weighted by atomic mass is 15.0. The summed E-state index contributed by atoms with van der Waals surface area (Å²) in [6, 6.07) is 4.89. The van der Waals surface area contributed by atoms with Crippen molar-refractivity contribution >= 4 is 10.9 Å². The summed E-state index contributed by atoms with van der Waals surface area (Å²) in [4.78, 5) is 3.82. The third-order valence-corrected chi connectivity index (χ3v) is 1.84. The van der Waals surface area contributed by atoms with Crippen LogP contribution in [0.4, 0.5) is 0 Å². The van der Waals surface area contributed by atoms with Crippen LogP contribution < -0.4 is 0 Å². The third-order valence-electron chi connectivity index (χ3n) is 1.84. The molecule has 1 N–H and O–H groups in total. The highest BCUT2D eigenvalue weighted by molar-refractivity contribution is 5.83. The van der Waals surface area contributed by atoms with Crippen LogP contribution in [0.25, 0.3) is 10.9 Å². The van der Waals surface area contributed by atoms with E-state index >= 15 is 0 Å². The highest BCUT2D eigenvalue weighted by Gasteiger charge is 2.02. The zero-order valence-electron chi connectivity index (χ0n) is 14.2. The van der Waals surface area contributed by atoms with E-state index in [1.807, 2.05) is 0 Å². The van der Waals surface area contributed by atoms with Crippen LogP contribution in [0.15, 0.2) is 30.4 Å². The summed E-state index contributed by atoms with van der Waals surface area (Å²) < 4.78 is 47.9. The Labute approximate surface area is 93.0 Å². The number of hydrogen-bond acceptors (Lipinski definition) is 1. The van der Waals surface area contributed by atoms with Crippen LogP contribution >= 0.6 is 0 Å². The smallest absolute Gasteiger partial charge is 0.0819 e. The molecule has 1 heterocycles. The van der Waals surface area contributed by atoms with Crippen molar-refractivity contribution in [2.24, 2.45) is 0 Å². The number of likely N-dealkylation sites (N-methyl/N-ethyl adjacent to an activating group) is 1. The van der Waals surface area contributed by atoms with Gasteiger partial charge in [-0.15, -0.1) is 0 Å². The quantitative estimate of drug-likeness (QED) is 0.794. The molecule has 0 aliphatic rings. The van der Waals surface area contributed by atoms with Gasteiger partial charge in [0.2, 0.25) is 0 Å². The lowest BCUT2D eigenvalue weighted by molar-refractivity contribution is 0.414. The van der Waals surface area contributed by atoms with Gasteiger partial charge in [-0.2, -0.15) is 0 Å². The van der Waals surface area contributed by atoms with Gasteiger partial charge in [0.1, 0.15) is 0 Å². The first-order valence-corrected chi connectivity index (χ1v) is 4.36. The van der Waals surface area contributed by atoms with Gasteiger partial charge in [-0.3, -0.25) is 0 Å². The zero-order valence-corrected chi connectivity index (χ0v) is 8.18. The molecule has 0 bridgehead atoms. The van der Waals surface area contributed by atoms with Crippen LogP contribution in [0.1, 0.15) is 13.8 Å². The standard InChI is InChI=1S/C12H16N2/c1-14(2)8-7-10-9-13-12-6-4-3-5-11(10)12/h3-6,9,13H,7-8H2,1-2H3/i6D,7D2,8D2,9D. The fraction of sp³-hybridized carbons (Fsp3) is 0.333. The molecule has 0 atom stereocenters. The van der Waals surface area contributed by atoms with E-state index in [0.29, 0.717) is 10.9 Å². The molecule has 0 aliphatic carbocycles. The van der Waals surface area contributed by atoms with Gasteiger partial charge in [0.05, 0.1) is 2.74 Å². The first-order valence-electron chi connectivity index (χ1n) is 7.36. The molecule has 2 rings (SSSR count). The average Bonchev–Trinajstić information content (AvgIpc) is 2.67. The molecule has 14 heavy (non-hydrogen) atoms. The Morgan fingerprint density at radius 2 is 2.36 bits per heavy atom. The van der Waals surface area contributed by atoms with Gasteiger partial charge in [-0.05, 0) is 32.1 Å². The molecule has 0 unspecified atom stereocenters. The fourth-order valence-electron chi connectivity index (χ4n) is 1.21. The fourth-order valence-corrected chi connectivity index (χ4v) is 1.21. The van der Waals surface area contributed by atoms with Crippen molar-refractivity contribution in [3.8, 4) is 0 Å². The predicted octanol–water partition coefficient (Wildman–Crippen LogP) is 2.27. The lowest BCUT2D eigenvalue weighted by Gasteiger charge is -2.07. The molecule has 2 aromatic rings. The van der Waals surface area contributed by atoms with E-state index in [9.17, 15) is 0 Å². The number of para-hydroxylation sites is 1. The Morgan fingerprint density at radius 1 is 1.50 bits per heavy atom. The molecule has 0 saturated heterocycles. The number of fused-ring (bicyclic) bond motifs is 1. The minimum absolute atomic E-state index is 0.0553. The minimum Gasteiger partial charge on any atom is -0.361 e. The van der Waals surface area contributed by atoms with E-state index < -0.39 is 12.9 Å². The van der Waals surface area contributed by atoms with Gasteiger partial charge >= 0.3 is 0 Å². The molecule has 0 fully saturated rings. The van der Waals surface area contributed by atoms with Gasteiger partial charge in [0.15, 0.2) is 0 Å². The maximum absolute atomic E-state index is 8.16. The Morgan fingerprint density at radius 3 is 3.14 bits per heavy atom. The van der Waals surface area contributed by atoms with Crippen LogP contribution in [0, 0.1) is 0 Å². The molecule has 0 spiro atoms. The lowest BCUT2D eigenvalue weighted by Crippen LogP contribution is -2.14.